The molecule has 0 aromatic heterocycles. The SMILES string of the molecule is CCCOc1ccc(C2NC(=S)N(CC)C3=C2C(=O)CCC3)cc1Br. The highest BCUT2D eigenvalue weighted by atomic mass is 79.9. The van der Waals surface area contributed by atoms with Crippen LogP contribution in [0.4, 0.5) is 0 Å². The van der Waals surface area contributed by atoms with Gasteiger partial charge in [-0.15, -0.1) is 0 Å². The molecule has 25 heavy (non-hydrogen) atoms. The van der Waals surface area contributed by atoms with Crippen LogP contribution in [0, 0.1) is 0 Å². The van der Waals surface area contributed by atoms with Crippen LogP contribution in [0.1, 0.15) is 51.1 Å². The van der Waals surface area contributed by atoms with E-state index in [9.17, 15) is 4.79 Å². The van der Waals surface area contributed by atoms with Crippen molar-refractivity contribution < 1.29 is 9.53 Å². The first-order valence-corrected chi connectivity index (χ1v) is 10.0. The van der Waals surface area contributed by atoms with Crippen LogP contribution in [0.25, 0.3) is 0 Å². The molecule has 0 saturated heterocycles. The van der Waals surface area contributed by atoms with E-state index in [0.717, 1.165) is 52.9 Å². The van der Waals surface area contributed by atoms with Crippen molar-refractivity contribution >= 4 is 39.0 Å². The Morgan fingerprint density at radius 1 is 1.36 bits per heavy atom. The van der Waals surface area contributed by atoms with Crippen molar-refractivity contribution in [3.8, 4) is 5.75 Å². The zero-order valence-corrected chi connectivity index (χ0v) is 17.0. The number of thiocarbonyl (C=S) groups is 1. The van der Waals surface area contributed by atoms with E-state index in [1.165, 1.54) is 0 Å². The van der Waals surface area contributed by atoms with Gasteiger partial charge < -0.3 is 15.0 Å². The van der Waals surface area contributed by atoms with Crippen LogP contribution in [0.3, 0.4) is 0 Å². The van der Waals surface area contributed by atoms with E-state index in [2.05, 4.69) is 40.0 Å². The summed E-state index contributed by atoms with van der Waals surface area (Å²) in [5.41, 5.74) is 2.99. The summed E-state index contributed by atoms with van der Waals surface area (Å²) < 4.78 is 6.63. The van der Waals surface area contributed by atoms with E-state index in [1.807, 2.05) is 18.2 Å². The molecule has 1 aromatic carbocycles. The molecule has 0 spiro atoms. The Bertz CT molecular complexity index is 732. The van der Waals surface area contributed by atoms with Crippen molar-refractivity contribution in [3.63, 3.8) is 0 Å². The summed E-state index contributed by atoms with van der Waals surface area (Å²) >= 11 is 9.15. The van der Waals surface area contributed by atoms with Gasteiger partial charge in [-0.1, -0.05) is 13.0 Å². The Labute approximate surface area is 162 Å². The minimum atomic E-state index is -0.186. The molecule has 0 saturated carbocycles. The summed E-state index contributed by atoms with van der Waals surface area (Å²) in [7, 11) is 0. The van der Waals surface area contributed by atoms with Crippen molar-refractivity contribution in [3.05, 3.63) is 39.5 Å². The Hall–Kier alpha value is -1.40. The summed E-state index contributed by atoms with van der Waals surface area (Å²) in [6.45, 7) is 5.60. The third-order valence-electron chi connectivity index (χ3n) is 4.62. The molecule has 1 aliphatic carbocycles. The third-order valence-corrected chi connectivity index (χ3v) is 5.58. The third kappa shape index (κ3) is 3.60. The average Bonchev–Trinajstić information content (AvgIpc) is 2.60. The number of halogens is 1. The zero-order chi connectivity index (χ0) is 18.0. The summed E-state index contributed by atoms with van der Waals surface area (Å²) in [5.74, 6) is 1.05. The van der Waals surface area contributed by atoms with Crippen molar-refractivity contribution in [1.29, 1.82) is 0 Å². The van der Waals surface area contributed by atoms with Gasteiger partial charge in [0.25, 0.3) is 0 Å². The molecule has 0 radical (unpaired) electrons. The highest BCUT2D eigenvalue weighted by Crippen LogP contribution is 2.39. The maximum absolute atomic E-state index is 12.7. The Morgan fingerprint density at radius 2 is 2.16 bits per heavy atom. The van der Waals surface area contributed by atoms with Crippen LogP contribution in [0.15, 0.2) is 33.9 Å². The number of rotatable bonds is 5. The Kier molecular flexibility index (Phi) is 5.79. The number of nitrogens with one attached hydrogen (secondary N) is 1. The number of Topliss-reactive ketones (excluding diaryl/α,β-unsaturated/α-hetero) is 1. The first-order valence-electron chi connectivity index (χ1n) is 8.83. The molecular formula is C19H23BrN2O2S. The topological polar surface area (TPSA) is 41.6 Å². The van der Waals surface area contributed by atoms with Gasteiger partial charge in [-0.2, -0.15) is 0 Å². The van der Waals surface area contributed by atoms with Crippen LogP contribution in [0.5, 0.6) is 5.75 Å². The number of benzene rings is 1. The van der Waals surface area contributed by atoms with Crippen LogP contribution in [0.2, 0.25) is 0 Å². The molecule has 2 aliphatic rings. The normalized spacial score (nSPS) is 20.4. The molecule has 1 aliphatic heterocycles. The summed E-state index contributed by atoms with van der Waals surface area (Å²) in [5, 5.41) is 4.07. The van der Waals surface area contributed by atoms with Crippen LogP contribution < -0.4 is 10.1 Å². The van der Waals surface area contributed by atoms with Gasteiger partial charge in [0.1, 0.15) is 5.75 Å². The van der Waals surface area contributed by atoms with Crippen LogP contribution in [-0.4, -0.2) is 28.9 Å². The van der Waals surface area contributed by atoms with E-state index in [0.29, 0.717) is 18.1 Å². The lowest BCUT2D eigenvalue weighted by Crippen LogP contribution is -2.49. The van der Waals surface area contributed by atoms with Gasteiger partial charge in [0.2, 0.25) is 0 Å². The van der Waals surface area contributed by atoms with Crippen molar-refractivity contribution in [1.82, 2.24) is 10.2 Å². The average molecular weight is 423 g/mol. The van der Waals surface area contributed by atoms with Gasteiger partial charge in [-0.3, -0.25) is 4.79 Å². The fraction of sp³-hybridized carbons (Fsp3) is 0.474. The molecule has 1 unspecified atom stereocenters. The molecular weight excluding hydrogens is 400 g/mol. The first-order chi connectivity index (χ1) is 12.1. The molecule has 1 N–H and O–H groups in total. The van der Waals surface area contributed by atoms with Crippen LogP contribution >= 0.6 is 28.1 Å². The number of ketones is 1. The summed E-state index contributed by atoms with van der Waals surface area (Å²) in [6.07, 6.45) is 3.38. The summed E-state index contributed by atoms with van der Waals surface area (Å²) in [4.78, 5) is 14.7. The second kappa shape index (κ2) is 7.87. The highest BCUT2D eigenvalue weighted by molar-refractivity contribution is 9.10. The standard InChI is InChI=1S/C19H23BrN2O2S/c1-3-10-24-16-9-8-12(11-13(16)20)18-17-14(6-5-7-15(17)23)22(4-2)19(25)21-18/h8-9,11,18H,3-7,10H2,1-2H3,(H,21,25). The second-order valence-corrected chi connectivity index (χ2v) is 7.54. The lowest BCUT2D eigenvalue weighted by atomic mass is 9.85. The number of carbonyl (C=O) groups excluding carboxylic acids is 1. The molecule has 134 valence electrons. The lowest BCUT2D eigenvalue weighted by Gasteiger charge is -2.40. The van der Waals surface area contributed by atoms with Gasteiger partial charge in [0, 0.05) is 24.2 Å². The van der Waals surface area contributed by atoms with Gasteiger partial charge in [-0.25, -0.2) is 0 Å². The zero-order valence-electron chi connectivity index (χ0n) is 14.6. The molecule has 1 heterocycles. The summed E-state index contributed by atoms with van der Waals surface area (Å²) in [6, 6.07) is 5.82. The largest absolute Gasteiger partial charge is 0.492 e. The molecule has 1 atom stereocenters. The molecule has 3 rings (SSSR count). The second-order valence-electron chi connectivity index (χ2n) is 6.30. The Morgan fingerprint density at radius 3 is 2.84 bits per heavy atom. The molecule has 6 heteroatoms. The quantitative estimate of drug-likeness (QED) is 0.707. The van der Waals surface area contributed by atoms with E-state index < -0.39 is 0 Å². The van der Waals surface area contributed by atoms with Gasteiger partial charge >= 0.3 is 0 Å². The van der Waals surface area contributed by atoms with Crippen molar-refractivity contribution in [2.45, 2.75) is 45.6 Å². The number of carbonyl (C=O) groups is 1. The maximum Gasteiger partial charge on any atom is 0.173 e. The van der Waals surface area contributed by atoms with Gasteiger partial charge in [0.05, 0.1) is 17.1 Å². The molecule has 0 bridgehead atoms. The van der Waals surface area contributed by atoms with Crippen molar-refractivity contribution in [2.75, 3.05) is 13.2 Å². The van der Waals surface area contributed by atoms with Gasteiger partial charge in [0.15, 0.2) is 10.9 Å². The number of allylic oxidation sites excluding steroid dienone is 1. The first kappa shape index (κ1) is 18.4. The minimum Gasteiger partial charge on any atom is -0.492 e. The number of ether oxygens (including phenoxy) is 1. The van der Waals surface area contributed by atoms with E-state index in [4.69, 9.17) is 17.0 Å². The highest BCUT2D eigenvalue weighted by Gasteiger charge is 2.36. The van der Waals surface area contributed by atoms with Gasteiger partial charge in [-0.05, 0) is 72.0 Å². The predicted molar refractivity (Wildman–Crippen MR) is 107 cm³/mol. The molecule has 4 nitrogen and oxygen atoms in total. The number of hydrogen-bond acceptors (Lipinski definition) is 3. The minimum absolute atomic E-state index is 0.186. The van der Waals surface area contributed by atoms with E-state index >= 15 is 0 Å². The van der Waals surface area contributed by atoms with E-state index in [-0.39, 0.29) is 11.8 Å². The monoisotopic (exact) mass is 422 g/mol. The number of hydrogen-bond donors (Lipinski definition) is 1. The molecule has 0 fully saturated rings. The predicted octanol–water partition coefficient (Wildman–Crippen LogP) is 4.50. The van der Waals surface area contributed by atoms with Crippen molar-refractivity contribution in [2.24, 2.45) is 0 Å². The fourth-order valence-corrected chi connectivity index (χ4v) is 4.33. The fourth-order valence-electron chi connectivity index (χ4n) is 3.46. The maximum atomic E-state index is 12.7. The smallest absolute Gasteiger partial charge is 0.173 e. The molecule has 1 aromatic rings. The molecule has 0 amide bonds. The number of nitrogens with zero attached hydrogens (tertiary/aromatic N) is 1. The Balaban J connectivity index is 1.99. The van der Waals surface area contributed by atoms with E-state index in [1.54, 1.807) is 0 Å². The lowest BCUT2D eigenvalue weighted by molar-refractivity contribution is -0.116. The van der Waals surface area contributed by atoms with Crippen LogP contribution in [-0.2, 0) is 4.79 Å².